The highest BCUT2D eigenvalue weighted by Gasteiger charge is 2.32. The lowest BCUT2D eigenvalue weighted by Crippen LogP contribution is -2.56. The summed E-state index contributed by atoms with van der Waals surface area (Å²) in [5.74, 6) is 1.03. The van der Waals surface area contributed by atoms with Crippen LogP contribution in [-0.4, -0.2) is 80.3 Å². The van der Waals surface area contributed by atoms with E-state index in [-0.39, 0.29) is 31.4 Å². The van der Waals surface area contributed by atoms with Gasteiger partial charge in [0.05, 0.1) is 33.3 Å². The van der Waals surface area contributed by atoms with Gasteiger partial charge in [-0.2, -0.15) is 0 Å². The number of likely N-dealkylation sites (N-methyl/N-ethyl adjacent to an activating group) is 1. The van der Waals surface area contributed by atoms with Gasteiger partial charge >= 0.3 is 0 Å². The van der Waals surface area contributed by atoms with E-state index in [1.54, 1.807) is 27.3 Å². The number of hydrogen-bond acceptors (Lipinski definition) is 6. The molecule has 0 unspecified atom stereocenters. The van der Waals surface area contributed by atoms with Crippen LogP contribution >= 0.6 is 0 Å². The fourth-order valence-corrected chi connectivity index (χ4v) is 2.96. The molecule has 144 valence electrons. The van der Waals surface area contributed by atoms with Crippen LogP contribution in [-0.2, 0) is 16.1 Å². The number of carbonyl (C=O) groups excluding carboxylic acids is 2. The first-order chi connectivity index (χ1) is 12.5. The molecule has 0 radical (unpaired) electrons. The van der Waals surface area contributed by atoms with Crippen LogP contribution in [0.4, 0.5) is 0 Å². The van der Waals surface area contributed by atoms with Gasteiger partial charge in [0.25, 0.3) is 0 Å². The van der Waals surface area contributed by atoms with Crippen molar-refractivity contribution in [2.45, 2.75) is 19.0 Å². The molecule has 2 rings (SSSR count). The highest BCUT2D eigenvalue weighted by atomic mass is 16.5. The molecule has 0 bridgehead atoms. The van der Waals surface area contributed by atoms with Gasteiger partial charge in [-0.1, -0.05) is 0 Å². The van der Waals surface area contributed by atoms with Gasteiger partial charge in [0.15, 0.2) is 0 Å². The van der Waals surface area contributed by atoms with E-state index < -0.39 is 6.04 Å². The Kier molecular flexibility index (Phi) is 7.23. The summed E-state index contributed by atoms with van der Waals surface area (Å²) in [6.07, 6.45) is 0.0729. The van der Waals surface area contributed by atoms with Gasteiger partial charge < -0.3 is 24.8 Å². The Hall–Kier alpha value is -2.32. The molecule has 1 fully saturated rings. The molecule has 0 aliphatic carbocycles. The molecule has 1 aliphatic heterocycles. The molecule has 0 spiro atoms. The molecule has 1 aliphatic rings. The van der Waals surface area contributed by atoms with Crippen LogP contribution in [0, 0.1) is 0 Å². The van der Waals surface area contributed by atoms with E-state index in [2.05, 4.69) is 5.32 Å². The van der Waals surface area contributed by atoms with Crippen LogP contribution < -0.4 is 14.8 Å². The molecule has 8 heteroatoms. The zero-order chi connectivity index (χ0) is 19.1. The van der Waals surface area contributed by atoms with Crippen molar-refractivity contribution in [1.29, 1.82) is 0 Å². The van der Waals surface area contributed by atoms with Crippen LogP contribution in [0.3, 0.4) is 0 Å². The molecule has 2 N–H and O–H groups in total. The summed E-state index contributed by atoms with van der Waals surface area (Å²) in [5, 5.41) is 11.8. The summed E-state index contributed by atoms with van der Waals surface area (Å²) in [6, 6.07) is 5.03. The Bertz CT molecular complexity index is 615. The number of ether oxygens (including phenoxy) is 2. The monoisotopic (exact) mass is 365 g/mol. The van der Waals surface area contributed by atoms with Crippen LogP contribution in [0.1, 0.15) is 12.0 Å². The minimum atomic E-state index is -0.547. The number of methoxy groups -OCH3 is 2. The van der Waals surface area contributed by atoms with E-state index in [0.29, 0.717) is 31.1 Å². The second kappa shape index (κ2) is 9.40. The lowest BCUT2D eigenvalue weighted by molar-refractivity contribution is -0.138. The number of aliphatic hydroxyl groups excluding tert-OH is 1. The number of carbonyl (C=O) groups is 2. The lowest BCUT2D eigenvalue weighted by Gasteiger charge is -2.35. The average molecular weight is 365 g/mol. The Balaban J connectivity index is 2.15. The van der Waals surface area contributed by atoms with Crippen molar-refractivity contribution in [2.75, 3.05) is 47.5 Å². The standard InChI is InChI=1S/C18H27N3O5/c1-20(6-7-22)17(23)11-16-18(24)19-4-5-21(16)12-13-8-14(25-2)10-15(9-13)26-3/h8-10,16,22H,4-7,11-12H2,1-3H3,(H,19,24)/t16-/m0/s1. The molecule has 1 atom stereocenters. The SMILES string of the molecule is COc1cc(CN2CCNC(=O)[C@@H]2CC(=O)N(C)CCO)cc(OC)c1. The Morgan fingerprint density at radius 2 is 1.96 bits per heavy atom. The summed E-state index contributed by atoms with van der Waals surface area (Å²) >= 11 is 0. The Morgan fingerprint density at radius 1 is 1.31 bits per heavy atom. The largest absolute Gasteiger partial charge is 0.497 e. The van der Waals surface area contributed by atoms with Crippen molar-refractivity contribution < 1.29 is 24.2 Å². The molecule has 1 saturated heterocycles. The number of nitrogens with zero attached hydrogens (tertiary/aromatic N) is 2. The second-order valence-corrected chi connectivity index (χ2v) is 6.24. The van der Waals surface area contributed by atoms with Crippen molar-refractivity contribution in [3.63, 3.8) is 0 Å². The minimum absolute atomic E-state index is 0.0729. The Labute approximate surface area is 153 Å². The number of piperazine rings is 1. The molecule has 1 aromatic carbocycles. The van der Waals surface area contributed by atoms with Gasteiger partial charge in [0, 0.05) is 39.3 Å². The normalized spacial score (nSPS) is 17.5. The second-order valence-electron chi connectivity index (χ2n) is 6.24. The number of aliphatic hydroxyl groups is 1. The van der Waals surface area contributed by atoms with Crippen LogP contribution in [0.5, 0.6) is 11.5 Å². The quantitative estimate of drug-likeness (QED) is 0.666. The third-order valence-corrected chi connectivity index (χ3v) is 4.47. The molecular weight excluding hydrogens is 338 g/mol. The fourth-order valence-electron chi connectivity index (χ4n) is 2.96. The first-order valence-electron chi connectivity index (χ1n) is 8.57. The number of nitrogens with one attached hydrogen (secondary N) is 1. The minimum Gasteiger partial charge on any atom is -0.497 e. The van der Waals surface area contributed by atoms with Gasteiger partial charge in [0.2, 0.25) is 11.8 Å². The maximum absolute atomic E-state index is 12.3. The zero-order valence-electron chi connectivity index (χ0n) is 15.5. The smallest absolute Gasteiger partial charge is 0.237 e. The molecular formula is C18H27N3O5. The predicted molar refractivity (Wildman–Crippen MR) is 96.1 cm³/mol. The first-order valence-corrected chi connectivity index (χ1v) is 8.57. The number of benzene rings is 1. The highest BCUT2D eigenvalue weighted by Crippen LogP contribution is 2.24. The van der Waals surface area contributed by atoms with E-state index in [0.717, 1.165) is 5.56 Å². The van der Waals surface area contributed by atoms with Gasteiger partial charge in [-0.3, -0.25) is 14.5 Å². The highest BCUT2D eigenvalue weighted by molar-refractivity contribution is 5.88. The van der Waals surface area contributed by atoms with Gasteiger partial charge in [-0.15, -0.1) is 0 Å². The van der Waals surface area contributed by atoms with Crippen molar-refractivity contribution in [2.24, 2.45) is 0 Å². The number of hydrogen-bond donors (Lipinski definition) is 2. The summed E-state index contributed by atoms with van der Waals surface area (Å²) in [4.78, 5) is 28.1. The molecule has 2 amide bonds. The third kappa shape index (κ3) is 5.09. The van der Waals surface area contributed by atoms with Crippen molar-refractivity contribution >= 4 is 11.8 Å². The molecule has 1 aromatic rings. The third-order valence-electron chi connectivity index (χ3n) is 4.47. The Morgan fingerprint density at radius 3 is 2.54 bits per heavy atom. The maximum atomic E-state index is 12.3. The van der Waals surface area contributed by atoms with Crippen molar-refractivity contribution in [1.82, 2.24) is 15.1 Å². The van der Waals surface area contributed by atoms with Crippen LogP contribution in [0.15, 0.2) is 18.2 Å². The maximum Gasteiger partial charge on any atom is 0.237 e. The predicted octanol–water partition coefficient (Wildman–Crippen LogP) is -0.155. The number of rotatable bonds is 8. The molecule has 0 saturated carbocycles. The topological polar surface area (TPSA) is 91.3 Å². The van der Waals surface area contributed by atoms with E-state index in [1.807, 2.05) is 17.0 Å². The fraction of sp³-hybridized carbons (Fsp3) is 0.556. The number of amides is 2. The van der Waals surface area contributed by atoms with Crippen molar-refractivity contribution in [3.05, 3.63) is 23.8 Å². The summed E-state index contributed by atoms with van der Waals surface area (Å²) < 4.78 is 10.6. The average Bonchev–Trinajstić information content (AvgIpc) is 2.64. The van der Waals surface area contributed by atoms with E-state index >= 15 is 0 Å². The summed E-state index contributed by atoms with van der Waals surface area (Å²) in [6.45, 7) is 1.83. The summed E-state index contributed by atoms with van der Waals surface area (Å²) in [7, 11) is 4.80. The van der Waals surface area contributed by atoms with E-state index in [9.17, 15) is 9.59 Å². The zero-order valence-corrected chi connectivity index (χ0v) is 15.5. The molecule has 0 aromatic heterocycles. The van der Waals surface area contributed by atoms with Gasteiger partial charge in [-0.05, 0) is 17.7 Å². The molecule has 8 nitrogen and oxygen atoms in total. The van der Waals surface area contributed by atoms with Gasteiger partial charge in [-0.25, -0.2) is 0 Å². The summed E-state index contributed by atoms with van der Waals surface area (Å²) in [5.41, 5.74) is 0.942. The van der Waals surface area contributed by atoms with E-state index in [1.165, 1.54) is 4.90 Å². The van der Waals surface area contributed by atoms with Gasteiger partial charge in [0.1, 0.15) is 11.5 Å². The van der Waals surface area contributed by atoms with Crippen molar-refractivity contribution in [3.8, 4) is 11.5 Å². The lowest BCUT2D eigenvalue weighted by atomic mass is 10.1. The van der Waals surface area contributed by atoms with Crippen LogP contribution in [0.2, 0.25) is 0 Å². The molecule has 1 heterocycles. The van der Waals surface area contributed by atoms with Crippen LogP contribution in [0.25, 0.3) is 0 Å². The first kappa shape index (κ1) is 20.0. The van der Waals surface area contributed by atoms with E-state index in [4.69, 9.17) is 14.6 Å². The molecule has 26 heavy (non-hydrogen) atoms.